The fourth-order valence-corrected chi connectivity index (χ4v) is 2.24. The van der Waals surface area contributed by atoms with Crippen LogP contribution < -0.4 is 10.2 Å². The lowest BCUT2D eigenvalue weighted by Gasteiger charge is -2.19. The fourth-order valence-electron chi connectivity index (χ4n) is 2.24. The number of nitrogens with zero attached hydrogens (tertiary/aromatic N) is 2. The van der Waals surface area contributed by atoms with Crippen molar-refractivity contribution < 1.29 is 4.42 Å². The zero-order chi connectivity index (χ0) is 15.2. The van der Waals surface area contributed by atoms with Crippen LogP contribution in [0.3, 0.4) is 0 Å². The monoisotopic (exact) mass is 287 g/mol. The maximum absolute atomic E-state index is 5.61. The Kier molecular flexibility index (Phi) is 5.39. The Morgan fingerprint density at radius 1 is 1.29 bits per heavy atom. The molecule has 114 valence electrons. The Labute approximate surface area is 127 Å². The average molecular weight is 287 g/mol. The Bertz CT molecular complexity index is 547. The number of rotatable bonds is 7. The molecule has 0 saturated heterocycles. The van der Waals surface area contributed by atoms with Crippen LogP contribution in [0.4, 0.5) is 5.69 Å². The number of hydrogen-bond donors (Lipinski definition) is 1. The highest BCUT2D eigenvalue weighted by Gasteiger charge is 2.08. The standard InChI is InChI=1S/C17H25N3O/c1-5-10-18-14(3)17-9-7-15(11-19-17)20(4)12-16-8-6-13(2)21-16/h6-9,11,14,18H,5,10,12H2,1-4H3. The smallest absolute Gasteiger partial charge is 0.123 e. The number of anilines is 1. The quantitative estimate of drug-likeness (QED) is 0.843. The number of hydrogen-bond acceptors (Lipinski definition) is 4. The molecule has 0 saturated carbocycles. The molecular weight excluding hydrogens is 262 g/mol. The average Bonchev–Trinajstić information content (AvgIpc) is 2.90. The molecule has 1 atom stereocenters. The molecule has 0 bridgehead atoms. The van der Waals surface area contributed by atoms with Crippen LogP contribution in [0.1, 0.15) is 43.5 Å². The summed E-state index contributed by atoms with van der Waals surface area (Å²) in [5.41, 5.74) is 2.17. The summed E-state index contributed by atoms with van der Waals surface area (Å²) in [5.74, 6) is 1.92. The van der Waals surface area contributed by atoms with Gasteiger partial charge in [0.25, 0.3) is 0 Å². The van der Waals surface area contributed by atoms with Crippen molar-refractivity contribution in [2.75, 3.05) is 18.5 Å². The van der Waals surface area contributed by atoms with Gasteiger partial charge in [-0.3, -0.25) is 4.98 Å². The second-order valence-electron chi connectivity index (χ2n) is 5.49. The van der Waals surface area contributed by atoms with Crippen molar-refractivity contribution >= 4 is 5.69 Å². The minimum atomic E-state index is 0.289. The Morgan fingerprint density at radius 2 is 2.10 bits per heavy atom. The molecule has 21 heavy (non-hydrogen) atoms. The largest absolute Gasteiger partial charge is 0.464 e. The molecule has 0 radical (unpaired) electrons. The lowest BCUT2D eigenvalue weighted by atomic mass is 10.2. The number of aromatic nitrogens is 1. The third-order valence-corrected chi connectivity index (χ3v) is 3.54. The third-order valence-electron chi connectivity index (χ3n) is 3.54. The van der Waals surface area contributed by atoms with Gasteiger partial charge in [0.05, 0.1) is 24.1 Å². The Hall–Kier alpha value is -1.81. The highest BCUT2D eigenvalue weighted by Crippen LogP contribution is 2.18. The van der Waals surface area contributed by atoms with Crippen LogP contribution in [-0.2, 0) is 6.54 Å². The molecule has 2 rings (SSSR count). The topological polar surface area (TPSA) is 41.3 Å². The molecular formula is C17H25N3O. The maximum Gasteiger partial charge on any atom is 0.123 e. The molecule has 0 aromatic carbocycles. The van der Waals surface area contributed by atoms with Crippen LogP contribution in [0.5, 0.6) is 0 Å². The first-order valence-electron chi connectivity index (χ1n) is 7.56. The number of nitrogens with one attached hydrogen (secondary N) is 1. The summed E-state index contributed by atoms with van der Waals surface area (Å²) >= 11 is 0. The summed E-state index contributed by atoms with van der Waals surface area (Å²) in [6.45, 7) is 8.04. The van der Waals surface area contributed by atoms with Crippen molar-refractivity contribution in [3.8, 4) is 0 Å². The SMILES string of the molecule is CCCNC(C)c1ccc(N(C)Cc2ccc(C)o2)cn1. The summed E-state index contributed by atoms with van der Waals surface area (Å²) in [6, 6.07) is 8.50. The third kappa shape index (κ3) is 4.33. The predicted molar refractivity (Wildman–Crippen MR) is 86.5 cm³/mol. The van der Waals surface area contributed by atoms with E-state index >= 15 is 0 Å². The first-order chi connectivity index (χ1) is 10.1. The molecule has 0 fully saturated rings. The van der Waals surface area contributed by atoms with Gasteiger partial charge >= 0.3 is 0 Å². The van der Waals surface area contributed by atoms with E-state index in [1.165, 1.54) is 0 Å². The van der Waals surface area contributed by atoms with Gasteiger partial charge in [-0.05, 0) is 51.1 Å². The van der Waals surface area contributed by atoms with E-state index in [4.69, 9.17) is 4.42 Å². The van der Waals surface area contributed by atoms with E-state index in [1.807, 2.05) is 32.3 Å². The van der Waals surface area contributed by atoms with Crippen molar-refractivity contribution in [3.05, 3.63) is 47.7 Å². The van der Waals surface area contributed by atoms with Gasteiger partial charge < -0.3 is 14.6 Å². The van der Waals surface area contributed by atoms with Crippen molar-refractivity contribution in [1.29, 1.82) is 0 Å². The molecule has 4 nitrogen and oxygen atoms in total. The first kappa shape index (κ1) is 15.6. The highest BCUT2D eigenvalue weighted by molar-refractivity contribution is 5.44. The van der Waals surface area contributed by atoms with E-state index in [9.17, 15) is 0 Å². The van der Waals surface area contributed by atoms with Gasteiger partial charge in [-0.15, -0.1) is 0 Å². The lowest BCUT2D eigenvalue weighted by Crippen LogP contribution is -2.21. The lowest BCUT2D eigenvalue weighted by molar-refractivity contribution is 0.481. The van der Waals surface area contributed by atoms with Gasteiger partial charge in [0.15, 0.2) is 0 Å². The van der Waals surface area contributed by atoms with Gasteiger partial charge in [-0.2, -0.15) is 0 Å². The molecule has 0 aliphatic rings. The highest BCUT2D eigenvalue weighted by atomic mass is 16.3. The molecule has 0 amide bonds. The molecule has 0 spiro atoms. The number of aryl methyl sites for hydroxylation is 1. The van der Waals surface area contributed by atoms with E-state index in [0.717, 1.165) is 42.4 Å². The molecule has 1 N–H and O–H groups in total. The summed E-state index contributed by atoms with van der Waals surface area (Å²) in [6.07, 6.45) is 3.06. The van der Waals surface area contributed by atoms with Gasteiger partial charge in [0.1, 0.15) is 11.5 Å². The van der Waals surface area contributed by atoms with E-state index in [-0.39, 0.29) is 6.04 Å². The van der Waals surface area contributed by atoms with Crippen molar-refractivity contribution in [1.82, 2.24) is 10.3 Å². The molecule has 1 unspecified atom stereocenters. The van der Waals surface area contributed by atoms with Gasteiger partial charge in [-0.1, -0.05) is 6.92 Å². The Balaban J connectivity index is 1.97. The van der Waals surface area contributed by atoms with Crippen molar-refractivity contribution in [3.63, 3.8) is 0 Å². The van der Waals surface area contributed by atoms with Crippen molar-refractivity contribution in [2.24, 2.45) is 0 Å². The van der Waals surface area contributed by atoms with E-state index in [1.54, 1.807) is 0 Å². The molecule has 2 heterocycles. The number of furan rings is 1. The van der Waals surface area contributed by atoms with E-state index in [2.05, 4.69) is 41.2 Å². The van der Waals surface area contributed by atoms with E-state index < -0.39 is 0 Å². The second kappa shape index (κ2) is 7.27. The fraction of sp³-hybridized carbons (Fsp3) is 0.471. The van der Waals surface area contributed by atoms with Gasteiger partial charge in [0, 0.05) is 13.1 Å². The zero-order valence-electron chi connectivity index (χ0n) is 13.4. The van der Waals surface area contributed by atoms with Crippen LogP contribution in [0, 0.1) is 6.92 Å². The number of pyridine rings is 1. The van der Waals surface area contributed by atoms with Crippen molar-refractivity contribution in [2.45, 2.75) is 39.8 Å². The van der Waals surface area contributed by atoms with E-state index in [0.29, 0.717) is 0 Å². The molecule has 0 aliphatic carbocycles. The predicted octanol–water partition coefficient (Wildman–Crippen LogP) is 3.68. The molecule has 2 aromatic heterocycles. The van der Waals surface area contributed by atoms with Gasteiger partial charge in [-0.25, -0.2) is 0 Å². The summed E-state index contributed by atoms with van der Waals surface area (Å²) < 4.78 is 5.61. The zero-order valence-corrected chi connectivity index (χ0v) is 13.4. The summed E-state index contributed by atoms with van der Waals surface area (Å²) in [5, 5.41) is 3.45. The minimum absolute atomic E-state index is 0.289. The van der Waals surface area contributed by atoms with Crippen LogP contribution in [0.2, 0.25) is 0 Å². The Morgan fingerprint density at radius 3 is 2.67 bits per heavy atom. The van der Waals surface area contributed by atoms with Crippen LogP contribution in [0.25, 0.3) is 0 Å². The maximum atomic E-state index is 5.61. The normalized spacial score (nSPS) is 12.4. The second-order valence-corrected chi connectivity index (χ2v) is 5.49. The summed E-state index contributed by atoms with van der Waals surface area (Å²) in [7, 11) is 2.05. The molecule has 4 heteroatoms. The summed E-state index contributed by atoms with van der Waals surface area (Å²) in [4.78, 5) is 6.70. The van der Waals surface area contributed by atoms with Crippen LogP contribution in [0.15, 0.2) is 34.9 Å². The van der Waals surface area contributed by atoms with Gasteiger partial charge in [0.2, 0.25) is 0 Å². The first-order valence-corrected chi connectivity index (χ1v) is 7.56. The molecule has 2 aromatic rings. The van der Waals surface area contributed by atoms with Crippen LogP contribution >= 0.6 is 0 Å². The van der Waals surface area contributed by atoms with Crippen LogP contribution in [-0.4, -0.2) is 18.6 Å². The molecule has 0 aliphatic heterocycles. The minimum Gasteiger partial charge on any atom is -0.464 e.